The fourth-order valence-electron chi connectivity index (χ4n) is 4.31. The Balaban J connectivity index is 1.61. The van der Waals surface area contributed by atoms with E-state index in [0.29, 0.717) is 19.0 Å². The van der Waals surface area contributed by atoms with Crippen LogP contribution >= 0.6 is 0 Å². The average Bonchev–Trinajstić information content (AvgIpc) is 2.70. The van der Waals surface area contributed by atoms with Gasteiger partial charge in [0.05, 0.1) is 13.0 Å². The summed E-state index contributed by atoms with van der Waals surface area (Å²) in [4.78, 5) is 38.9. The predicted molar refractivity (Wildman–Crippen MR) is 105 cm³/mol. The molecule has 2 amide bonds. The van der Waals surface area contributed by atoms with Crippen LogP contribution in [-0.2, 0) is 25.7 Å². The predicted octanol–water partition coefficient (Wildman–Crippen LogP) is 2.76. The number of nitrogens with one attached hydrogen (secondary N) is 1. The lowest BCUT2D eigenvalue weighted by atomic mass is 9.89. The highest BCUT2D eigenvalue weighted by molar-refractivity contribution is 6.35. The number of carbonyl (C=O) groups excluding carboxylic acids is 3. The van der Waals surface area contributed by atoms with E-state index in [1.54, 1.807) is 0 Å². The summed E-state index contributed by atoms with van der Waals surface area (Å²) in [6.45, 7) is 1.05. The van der Waals surface area contributed by atoms with Crippen LogP contribution in [0.5, 0.6) is 0 Å². The molecule has 2 aliphatic rings. The summed E-state index contributed by atoms with van der Waals surface area (Å²) in [7, 11) is 1.34. The van der Waals surface area contributed by atoms with Crippen LogP contribution in [-0.4, -0.2) is 42.9 Å². The summed E-state index contributed by atoms with van der Waals surface area (Å²) in [5, 5.41) is 2.83. The highest BCUT2D eigenvalue weighted by Gasteiger charge is 2.35. The SMILES string of the molecule is COC(=O)C1CN(C(=O)C(=O)NCC2CCCCCCC2)Cc2ccccc21. The van der Waals surface area contributed by atoms with Crippen molar-refractivity contribution in [3.8, 4) is 0 Å². The van der Waals surface area contributed by atoms with Crippen LogP contribution in [0.25, 0.3) is 0 Å². The van der Waals surface area contributed by atoms with E-state index in [1.165, 1.54) is 44.1 Å². The number of hydrogen-bond donors (Lipinski definition) is 1. The standard InChI is InChI=1S/C22H30N2O4/c1-28-22(27)19-15-24(14-17-11-7-8-12-18(17)19)21(26)20(25)23-13-16-9-5-3-2-4-6-10-16/h7-8,11-12,16,19H,2-6,9-10,13-15H2,1H3,(H,23,25). The largest absolute Gasteiger partial charge is 0.468 e. The van der Waals surface area contributed by atoms with Gasteiger partial charge in [0.15, 0.2) is 0 Å². The molecule has 1 N–H and O–H groups in total. The number of methoxy groups -OCH3 is 1. The fourth-order valence-corrected chi connectivity index (χ4v) is 4.31. The number of nitrogens with zero attached hydrogens (tertiary/aromatic N) is 1. The molecule has 1 aromatic rings. The van der Waals surface area contributed by atoms with Crippen LogP contribution in [0.3, 0.4) is 0 Å². The molecule has 3 rings (SSSR count). The lowest BCUT2D eigenvalue weighted by Gasteiger charge is -2.33. The van der Waals surface area contributed by atoms with E-state index >= 15 is 0 Å². The van der Waals surface area contributed by atoms with E-state index < -0.39 is 17.7 Å². The molecule has 1 aromatic carbocycles. The molecule has 0 radical (unpaired) electrons. The van der Waals surface area contributed by atoms with Gasteiger partial charge in [0.25, 0.3) is 0 Å². The topological polar surface area (TPSA) is 75.7 Å². The second-order valence-electron chi connectivity index (χ2n) is 7.88. The third-order valence-electron chi connectivity index (χ3n) is 5.94. The van der Waals surface area contributed by atoms with Crippen molar-refractivity contribution < 1.29 is 19.1 Å². The first-order valence-corrected chi connectivity index (χ1v) is 10.3. The second kappa shape index (κ2) is 9.71. The molecule has 1 fully saturated rings. The van der Waals surface area contributed by atoms with Gasteiger partial charge in [0.2, 0.25) is 0 Å². The molecule has 0 bridgehead atoms. The molecular weight excluding hydrogens is 356 g/mol. The molecule has 1 aliphatic heterocycles. The highest BCUT2D eigenvalue weighted by Crippen LogP contribution is 2.29. The first-order valence-electron chi connectivity index (χ1n) is 10.3. The van der Waals surface area contributed by atoms with Crippen LogP contribution in [0.2, 0.25) is 0 Å². The Labute approximate surface area is 166 Å². The van der Waals surface area contributed by atoms with Crippen LogP contribution < -0.4 is 5.32 Å². The zero-order valence-corrected chi connectivity index (χ0v) is 16.6. The maximum absolute atomic E-state index is 12.7. The lowest BCUT2D eigenvalue weighted by molar-refractivity contribution is -0.149. The van der Waals surface area contributed by atoms with Gasteiger partial charge in [0, 0.05) is 19.6 Å². The molecule has 6 nitrogen and oxygen atoms in total. The molecular formula is C22H30N2O4. The molecule has 1 unspecified atom stereocenters. The van der Waals surface area contributed by atoms with Crippen LogP contribution in [0.15, 0.2) is 24.3 Å². The van der Waals surface area contributed by atoms with Crippen molar-refractivity contribution in [1.29, 1.82) is 0 Å². The summed E-state index contributed by atoms with van der Waals surface area (Å²) in [5.74, 6) is -1.65. The number of ether oxygens (including phenoxy) is 1. The zero-order valence-electron chi connectivity index (χ0n) is 16.6. The summed E-state index contributed by atoms with van der Waals surface area (Å²) in [5.41, 5.74) is 1.75. The van der Waals surface area contributed by atoms with Gasteiger partial charge >= 0.3 is 17.8 Å². The molecule has 1 aliphatic carbocycles. The molecule has 1 atom stereocenters. The lowest BCUT2D eigenvalue weighted by Crippen LogP contribution is -2.48. The Bertz CT molecular complexity index is 710. The summed E-state index contributed by atoms with van der Waals surface area (Å²) in [6.07, 6.45) is 8.41. The van der Waals surface area contributed by atoms with Gasteiger partial charge in [-0.25, -0.2) is 0 Å². The van der Waals surface area contributed by atoms with Gasteiger partial charge in [-0.05, 0) is 29.9 Å². The number of fused-ring (bicyclic) bond motifs is 1. The molecule has 1 saturated carbocycles. The fraction of sp³-hybridized carbons (Fsp3) is 0.591. The number of benzene rings is 1. The third-order valence-corrected chi connectivity index (χ3v) is 5.94. The van der Waals surface area contributed by atoms with Gasteiger partial charge in [-0.1, -0.05) is 56.4 Å². The van der Waals surface area contributed by atoms with E-state index in [1.807, 2.05) is 24.3 Å². The number of hydrogen-bond acceptors (Lipinski definition) is 4. The molecule has 0 spiro atoms. The van der Waals surface area contributed by atoms with Gasteiger partial charge in [-0.2, -0.15) is 0 Å². The van der Waals surface area contributed by atoms with E-state index in [2.05, 4.69) is 5.32 Å². The van der Waals surface area contributed by atoms with Crippen molar-refractivity contribution in [2.75, 3.05) is 20.2 Å². The van der Waals surface area contributed by atoms with E-state index in [9.17, 15) is 14.4 Å². The smallest absolute Gasteiger partial charge is 0.314 e. The molecule has 152 valence electrons. The number of rotatable bonds is 3. The number of carbonyl (C=O) groups is 3. The Kier molecular flexibility index (Phi) is 7.06. The minimum absolute atomic E-state index is 0.166. The minimum Gasteiger partial charge on any atom is -0.468 e. The molecule has 6 heteroatoms. The normalized spacial score (nSPS) is 20.5. The molecule has 1 heterocycles. The second-order valence-corrected chi connectivity index (χ2v) is 7.88. The molecule has 0 saturated heterocycles. The highest BCUT2D eigenvalue weighted by atomic mass is 16.5. The van der Waals surface area contributed by atoms with Crippen LogP contribution in [0, 0.1) is 5.92 Å². The average molecular weight is 386 g/mol. The maximum Gasteiger partial charge on any atom is 0.314 e. The van der Waals surface area contributed by atoms with Crippen molar-refractivity contribution in [3.05, 3.63) is 35.4 Å². The number of esters is 1. The van der Waals surface area contributed by atoms with Gasteiger partial charge in [-0.3, -0.25) is 14.4 Å². The van der Waals surface area contributed by atoms with E-state index in [4.69, 9.17) is 4.74 Å². The Hall–Kier alpha value is -2.37. The van der Waals surface area contributed by atoms with Crippen molar-refractivity contribution in [2.45, 2.75) is 57.4 Å². The Morgan fingerprint density at radius 2 is 1.75 bits per heavy atom. The third kappa shape index (κ3) is 4.91. The van der Waals surface area contributed by atoms with Gasteiger partial charge < -0.3 is 15.0 Å². The van der Waals surface area contributed by atoms with Crippen molar-refractivity contribution in [3.63, 3.8) is 0 Å². The van der Waals surface area contributed by atoms with Crippen molar-refractivity contribution >= 4 is 17.8 Å². The number of amides is 2. The Morgan fingerprint density at radius 1 is 1.07 bits per heavy atom. The zero-order chi connectivity index (χ0) is 19.9. The van der Waals surface area contributed by atoms with Crippen molar-refractivity contribution in [2.24, 2.45) is 5.92 Å². The van der Waals surface area contributed by atoms with E-state index in [0.717, 1.165) is 24.0 Å². The van der Waals surface area contributed by atoms with Crippen LogP contribution in [0.4, 0.5) is 0 Å². The molecule has 0 aromatic heterocycles. The minimum atomic E-state index is -0.579. The molecule has 28 heavy (non-hydrogen) atoms. The van der Waals surface area contributed by atoms with Gasteiger partial charge in [-0.15, -0.1) is 0 Å². The summed E-state index contributed by atoms with van der Waals surface area (Å²) in [6, 6.07) is 7.51. The summed E-state index contributed by atoms with van der Waals surface area (Å²) < 4.78 is 4.91. The quantitative estimate of drug-likeness (QED) is 0.640. The van der Waals surface area contributed by atoms with Gasteiger partial charge in [0.1, 0.15) is 0 Å². The maximum atomic E-state index is 12.7. The first-order chi connectivity index (χ1) is 13.6. The monoisotopic (exact) mass is 386 g/mol. The summed E-state index contributed by atoms with van der Waals surface area (Å²) >= 11 is 0. The Morgan fingerprint density at radius 3 is 2.46 bits per heavy atom. The van der Waals surface area contributed by atoms with E-state index in [-0.39, 0.29) is 12.5 Å². The first kappa shape index (κ1) is 20.4. The van der Waals surface area contributed by atoms with Crippen molar-refractivity contribution in [1.82, 2.24) is 10.2 Å². The van der Waals surface area contributed by atoms with Crippen LogP contribution in [0.1, 0.15) is 62.0 Å².